The second-order valence-electron chi connectivity index (χ2n) is 6.01. The van der Waals surface area contributed by atoms with Crippen LogP contribution in [0.1, 0.15) is 30.3 Å². The van der Waals surface area contributed by atoms with Gasteiger partial charge in [-0.25, -0.2) is 8.42 Å². The monoisotopic (exact) mass is 428 g/mol. The molecule has 0 bridgehead atoms. The summed E-state index contributed by atoms with van der Waals surface area (Å²) in [5, 5.41) is 11.9. The number of nitrogens with one attached hydrogen (secondary N) is 2. The number of sulfonamides is 1. The number of hydrogen-bond donors (Lipinski definition) is 2. The molecule has 0 fully saturated rings. The van der Waals surface area contributed by atoms with Crippen molar-refractivity contribution in [2.45, 2.75) is 44.0 Å². The standard InChI is InChI=1S/C17H24N4O3S3/c1-4-5-15-19-20-17(26-15)18-16(22)14(10-11-25-3)21-27(23,24)13-8-6-12(2)7-9-13/h6-9,14,21H,4-5,10-11H2,1-3H3,(H,18,20,22). The molecular formula is C17H24N4O3S3. The molecule has 0 saturated heterocycles. The molecule has 1 aromatic carbocycles. The zero-order valence-corrected chi connectivity index (χ0v) is 18.0. The smallest absolute Gasteiger partial charge is 0.244 e. The predicted octanol–water partition coefficient (Wildman–Crippen LogP) is 2.84. The summed E-state index contributed by atoms with van der Waals surface area (Å²) in [7, 11) is -3.80. The molecule has 2 N–H and O–H groups in total. The number of carbonyl (C=O) groups excluding carboxylic acids is 1. The fraction of sp³-hybridized carbons (Fsp3) is 0.471. The molecule has 1 atom stereocenters. The highest BCUT2D eigenvalue weighted by Gasteiger charge is 2.26. The third-order valence-electron chi connectivity index (χ3n) is 3.72. The normalized spacial score (nSPS) is 12.7. The first kappa shape index (κ1) is 21.8. The molecule has 1 aromatic heterocycles. The maximum absolute atomic E-state index is 12.6. The number of thioether (sulfide) groups is 1. The van der Waals surface area contributed by atoms with Gasteiger partial charge in [0.2, 0.25) is 21.1 Å². The lowest BCUT2D eigenvalue weighted by molar-refractivity contribution is -0.117. The Morgan fingerprint density at radius 3 is 2.59 bits per heavy atom. The van der Waals surface area contributed by atoms with Crippen LogP contribution in [0.2, 0.25) is 0 Å². The van der Waals surface area contributed by atoms with Gasteiger partial charge in [-0.15, -0.1) is 10.2 Å². The largest absolute Gasteiger partial charge is 0.299 e. The minimum Gasteiger partial charge on any atom is -0.299 e. The molecular weight excluding hydrogens is 404 g/mol. The van der Waals surface area contributed by atoms with Gasteiger partial charge in [0.05, 0.1) is 4.90 Å². The number of hydrogen-bond acceptors (Lipinski definition) is 7. The lowest BCUT2D eigenvalue weighted by Crippen LogP contribution is -2.44. The van der Waals surface area contributed by atoms with Crippen molar-refractivity contribution in [1.82, 2.24) is 14.9 Å². The highest BCUT2D eigenvalue weighted by Crippen LogP contribution is 2.18. The molecule has 1 heterocycles. The van der Waals surface area contributed by atoms with Crippen LogP contribution in [0.4, 0.5) is 5.13 Å². The highest BCUT2D eigenvalue weighted by atomic mass is 32.2. The van der Waals surface area contributed by atoms with Crippen molar-refractivity contribution < 1.29 is 13.2 Å². The first-order valence-corrected chi connectivity index (χ1v) is 12.3. The van der Waals surface area contributed by atoms with Crippen molar-refractivity contribution in [2.75, 3.05) is 17.3 Å². The Morgan fingerprint density at radius 1 is 1.26 bits per heavy atom. The lowest BCUT2D eigenvalue weighted by atomic mass is 10.2. The van der Waals surface area contributed by atoms with Gasteiger partial charge < -0.3 is 0 Å². The van der Waals surface area contributed by atoms with Gasteiger partial charge >= 0.3 is 0 Å². The van der Waals surface area contributed by atoms with Crippen LogP contribution in [0.5, 0.6) is 0 Å². The van der Waals surface area contributed by atoms with Gasteiger partial charge in [0.15, 0.2) is 0 Å². The van der Waals surface area contributed by atoms with Crippen molar-refractivity contribution in [3.8, 4) is 0 Å². The van der Waals surface area contributed by atoms with E-state index >= 15 is 0 Å². The van der Waals surface area contributed by atoms with Crippen molar-refractivity contribution in [1.29, 1.82) is 0 Å². The molecule has 0 aliphatic carbocycles. The maximum Gasteiger partial charge on any atom is 0.244 e. The third kappa shape index (κ3) is 6.56. The van der Waals surface area contributed by atoms with E-state index in [0.29, 0.717) is 17.3 Å². The molecule has 148 valence electrons. The van der Waals surface area contributed by atoms with E-state index in [-0.39, 0.29) is 4.90 Å². The van der Waals surface area contributed by atoms with Gasteiger partial charge in [-0.1, -0.05) is 36.0 Å². The van der Waals surface area contributed by atoms with Gasteiger partial charge in [0.1, 0.15) is 11.0 Å². The number of anilines is 1. The van der Waals surface area contributed by atoms with Crippen molar-refractivity contribution in [3.05, 3.63) is 34.8 Å². The Bertz CT molecular complexity index is 851. The molecule has 0 aliphatic rings. The summed E-state index contributed by atoms with van der Waals surface area (Å²) in [5.74, 6) is 0.213. The van der Waals surface area contributed by atoms with Crippen LogP contribution in [-0.4, -0.2) is 42.6 Å². The van der Waals surface area contributed by atoms with Gasteiger partial charge in [-0.2, -0.15) is 16.5 Å². The minimum atomic E-state index is -3.80. The first-order valence-electron chi connectivity index (χ1n) is 8.57. The maximum atomic E-state index is 12.6. The summed E-state index contributed by atoms with van der Waals surface area (Å²) >= 11 is 2.85. The first-order chi connectivity index (χ1) is 12.9. The van der Waals surface area contributed by atoms with Gasteiger partial charge in [0, 0.05) is 6.42 Å². The van der Waals surface area contributed by atoms with Gasteiger partial charge in [-0.3, -0.25) is 10.1 Å². The fourth-order valence-corrected chi connectivity index (χ4v) is 4.81. The summed E-state index contributed by atoms with van der Waals surface area (Å²) in [5.41, 5.74) is 0.963. The highest BCUT2D eigenvalue weighted by molar-refractivity contribution is 7.98. The van der Waals surface area contributed by atoms with Crippen LogP contribution in [0.25, 0.3) is 0 Å². The van der Waals surface area contributed by atoms with E-state index in [1.165, 1.54) is 23.5 Å². The summed E-state index contributed by atoms with van der Waals surface area (Å²) in [6.07, 6.45) is 4.02. The Balaban J connectivity index is 2.12. The van der Waals surface area contributed by atoms with E-state index in [0.717, 1.165) is 23.4 Å². The Morgan fingerprint density at radius 2 is 1.96 bits per heavy atom. The van der Waals surface area contributed by atoms with E-state index in [2.05, 4.69) is 20.2 Å². The molecule has 2 aromatic rings. The molecule has 1 amide bonds. The zero-order valence-electron chi connectivity index (χ0n) is 15.6. The molecule has 2 rings (SSSR count). The Labute approximate surface area is 168 Å². The molecule has 0 spiro atoms. The van der Waals surface area contributed by atoms with E-state index in [1.807, 2.05) is 20.1 Å². The van der Waals surface area contributed by atoms with E-state index in [4.69, 9.17) is 0 Å². The second-order valence-corrected chi connectivity index (χ2v) is 9.77. The van der Waals surface area contributed by atoms with Crippen molar-refractivity contribution in [2.24, 2.45) is 0 Å². The lowest BCUT2D eigenvalue weighted by Gasteiger charge is -2.17. The van der Waals surface area contributed by atoms with Crippen molar-refractivity contribution >= 4 is 44.2 Å². The second kappa shape index (κ2) is 10.2. The Kier molecular flexibility index (Phi) is 8.21. The molecule has 27 heavy (non-hydrogen) atoms. The van der Waals surface area contributed by atoms with Crippen LogP contribution in [0.15, 0.2) is 29.2 Å². The summed E-state index contributed by atoms with van der Waals surface area (Å²) in [6.45, 7) is 3.92. The molecule has 0 aliphatic heterocycles. The van der Waals surface area contributed by atoms with Gasteiger partial charge in [-0.05, 0) is 43.9 Å². The van der Waals surface area contributed by atoms with E-state index in [9.17, 15) is 13.2 Å². The average molecular weight is 429 g/mol. The molecule has 1 unspecified atom stereocenters. The quantitative estimate of drug-likeness (QED) is 0.603. The average Bonchev–Trinajstić information content (AvgIpc) is 3.06. The zero-order chi connectivity index (χ0) is 19.9. The fourth-order valence-electron chi connectivity index (χ4n) is 2.26. The minimum absolute atomic E-state index is 0.135. The number of nitrogens with zero attached hydrogens (tertiary/aromatic N) is 2. The van der Waals surface area contributed by atoms with Crippen LogP contribution >= 0.6 is 23.1 Å². The SMILES string of the molecule is CCCc1nnc(NC(=O)C(CCSC)NS(=O)(=O)c2ccc(C)cc2)s1. The number of benzene rings is 1. The number of aromatic nitrogens is 2. The van der Waals surface area contributed by atoms with Crippen LogP contribution in [0, 0.1) is 6.92 Å². The van der Waals surface area contributed by atoms with Gasteiger partial charge in [0.25, 0.3) is 0 Å². The topological polar surface area (TPSA) is 101 Å². The van der Waals surface area contributed by atoms with E-state index < -0.39 is 22.0 Å². The van der Waals surface area contributed by atoms with Crippen LogP contribution in [0.3, 0.4) is 0 Å². The molecule has 0 saturated carbocycles. The van der Waals surface area contributed by atoms with Crippen LogP contribution < -0.4 is 10.0 Å². The molecule has 7 nitrogen and oxygen atoms in total. The number of aryl methyl sites for hydroxylation is 2. The summed E-state index contributed by atoms with van der Waals surface area (Å²) < 4.78 is 27.8. The molecule has 0 radical (unpaired) electrons. The number of carbonyl (C=O) groups is 1. The van der Waals surface area contributed by atoms with Crippen LogP contribution in [-0.2, 0) is 21.2 Å². The molecule has 10 heteroatoms. The number of rotatable bonds is 10. The summed E-state index contributed by atoms with van der Waals surface area (Å²) in [6, 6.07) is 5.62. The number of amides is 1. The Hall–Kier alpha value is -1.49. The van der Waals surface area contributed by atoms with Crippen molar-refractivity contribution in [3.63, 3.8) is 0 Å². The van der Waals surface area contributed by atoms with E-state index in [1.54, 1.807) is 23.9 Å². The summed E-state index contributed by atoms with van der Waals surface area (Å²) in [4.78, 5) is 12.8. The predicted molar refractivity (Wildman–Crippen MR) is 111 cm³/mol. The third-order valence-corrected chi connectivity index (χ3v) is 6.75.